The molecule has 324 valence electrons. The van der Waals surface area contributed by atoms with Crippen LogP contribution >= 0.6 is 22.7 Å². The van der Waals surface area contributed by atoms with Crippen molar-refractivity contribution in [1.82, 2.24) is 24.6 Å². The lowest BCUT2D eigenvalue weighted by Gasteiger charge is -2.23. The molecule has 61 heavy (non-hydrogen) atoms. The van der Waals surface area contributed by atoms with Crippen molar-refractivity contribution in [2.75, 3.05) is 45.4 Å². The largest absolute Gasteiger partial charge is 0.486 e. The van der Waals surface area contributed by atoms with Gasteiger partial charge >= 0.3 is 12.1 Å². The highest BCUT2D eigenvalue weighted by Crippen LogP contribution is 2.33. The van der Waals surface area contributed by atoms with Crippen LogP contribution in [0, 0.1) is 24.6 Å². The number of aromatic nitrogens is 4. The number of hydrogen-bond acceptors (Lipinski definition) is 13. The number of para-hydroxylation sites is 1. The van der Waals surface area contributed by atoms with Crippen LogP contribution in [0.3, 0.4) is 0 Å². The molecule has 0 N–H and O–H groups in total. The quantitative estimate of drug-likeness (QED) is 0.0433. The molecule has 0 radical (unpaired) electrons. The van der Waals surface area contributed by atoms with E-state index in [1.54, 1.807) is 70.2 Å². The average Bonchev–Trinajstić information content (AvgIpc) is 3.76. The van der Waals surface area contributed by atoms with E-state index in [-0.39, 0.29) is 31.2 Å². The zero-order chi connectivity index (χ0) is 44.5. The average molecular weight is 888 g/mol. The summed E-state index contributed by atoms with van der Waals surface area (Å²) in [7, 11) is 2.14. The fourth-order valence-corrected chi connectivity index (χ4v) is 8.24. The molecule has 0 saturated carbocycles. The van der Waals surface area contributed by atoms with Crippen LogP contribution in [0.4, 0.5) is 26.0 Å². The molecule has 17 heteroatoms. The molecule has 0 aliphatic rings. The second kappa shape index (κ2) is 20.4. The summed E-state index contributed by atoms with van der Waals surface area (Å²) in [5, 5.41) is 9.49. The van der Waals surface area contributed by atoms with E-state index in [0.717, 1.165) is 26.6 Å². The number of hydrogen-bond donors (Lipinski definition) is 0. The Morgan fingerprint density at radius 1 is 1.07 bits per heavy atom. The van der Waals surface area contributed by atoms with Gasteiger partial charge in [-0.05, 0) is 101 Å². The number of carbonyl (C=O) groups excluding carboxylic acids is 2. The van der Waals surface area contributed by atoms with Crippen LogP contribution in [0.25, 0.3) is 16.3 Å². The topological polar surface area (TPSA) is 134 Å². The van der Waals surface area contributed by atoms with Crippen LogP contribution < -0.4 is 14.4 Å². The lowest BCUT2D eigenvalue weighted by atomic mass is 10.2. The van der Waals surface area contributed by atoms with Gasteiger partial charge in [0, 0.05) is 34.3 Å². The third-order valence-electron chi connectivity index (χ3n) is 8.71. The van der Waals surface area contributed by atoms with Gasteiger partial charge in [-0.2, -0.15) is 4.99 Å². The first-order chi connectivity index (χ1) is 28.8. The minimum atomic E-state index is -1.24. The molecule has 0 unspecified atom stereocenters. The highest BCUT2D eigenvalue weighted by atomic mass is 32.1. The van der Waals surface area contributed by atoms with Gasteiger partial charge in [0.25, 0.3) is 0 Å². The number of esters is 1. The predicted octanol–water partition coefficient (Wildman–Crippen LogP) is 9.59. The van der Waals surface area contributed by atoms with Crippen molar-refractivity contribution in [2.45, 2.75) is 79.6 Å². The zero-order valence-corrected chi connectivity index (χ0v) is 39.3. The Kier molecular flexibility index (Phi) is 15.6. The molecule has 0 fully saturated rings. The fraction of sp³-hybridized carbons (Fsp3) is 0.409. The van der Waals surface area contributed by atoms with Crippen molar-refractivity contribution in [3.63, 3.8) is 0 Å². The van der Waals surface area contributed by atoms with E-state index in [0.29, 0.717) is 46.1 Å². The summed E-state index contributed by atoms with van der Waals surface area (Å²) in [5.74, 6) is 5.59. The van der Waals surface area contributed by atoms with Gasteiger partial charge in [-0.3, -0.25) is 4.57 Å². The van der Waals surface area contributed by atoms with Gasteiger partial charge in [-0.15, -0.1) is 10.2 Å². The third kappa shape index (κ3) is 13.3. The second-order valence-electron chi connectivity index (χ2n) is 16.5. The Morgan fingerprint density at radius 2 is 1.82 bits per heavy atom. The van der Waals surface area contributed by atoms with Gasteiger partial charge in [0.2, 0.25) is 0 Å². The Labute approximate surface area is 365 Å². The van der Waals surface area contributed by atoms with Crippen molar-refractivity contribution in [3.05, 3.63) is 86.4 Å². The summed E-state index contributed by atoms with van der Waals surface area (Å²) in [6, 6.07) is 15.5. The number of rotatable bonds is 15. The number of ether oxygens (including phenoxy) is 4. The van der Waals surface area contributed by atoms with Crippen molar-refractivity contribution >= 4 is 75.9 Å². The molecule has 2 aromatic carbocycles. The number of nitrogens with zero attached hydrogens (tertiary/aromatic N) is 7. The smallest absolute Gasteiger partial charge is 0.410 e. The number of carbonyl (C=O) groups is 2. The molecule has 0 atom stereocenters. The highest BCUT2D eigenvalue weighted by molar-refractivity contribution is 7.17. The summed E-state index contributed by atoms with van der Waals surface area (Å²) in [6.45, 7) is 19.2. The molecule has 5 rings (SSSR count). The number of anilines is 2. The molecule has 0 aliphatic carbocycles. The van der Waals surface area contributed by atoms with Gasteiger partial charge in [0.05, 0.1) is 28.2 Å². The third-order valence-corrected chi connectivity index (χ3v) is 12.6. The summed E-state index contributed by atoms with van der Waals surface area (Å²) in [4.78, 5) is 39.2. The van der Waals surface area contributed by atoms with E-state index in [1.165, 1.54) is 28.4 Å². The predicted molar refractivity (Wildman–Crippen MR) is 243 cm³/mol. The van der Waals surface area contributed by atoms with Gasteiger partial charge in [0.15, 0.2) is 38.8 Å². The SMILES string of the molecule is CCOC(=O)c1nc(N(C)c2cc(C)c(N=c3sc4ccccc4n3COCC[Si](C)(C)C)nn2)sc1/C=C(\C)COc1ccc(C#CCN(C)C(=O)OC(C)(C)C)cc1F. The molecule has 3 heterocycles. The van der Waals surface area contributed by atoms with Gasteiger partial charge in [-0.25, -0.2) is 19.0 Å². The number of aryl methyl sites for hydroxylation is 1. The van der Waals surface area contributed by atoms with Crippen molar-refractivity contribution < 1.29 is 32.9 Å². The lowest BCUT2D eigenvalue weighted by Crippen LogP contribution is -2.34. The molecule has 0 spiro atoms. The number of fused-ring (bicyclic) bond motifs is 1. The Morgan fingerprint density at radius 3 is 2.51 bits per heavy atom. The van der Waals surface area contributed by atoms with Gasteiger partial charge in [-0.1, -0.05) is 66.3 Å². The first kappa shape index (κ1) is 46.6. The Balaban J connectivity index is 1.30. The van der Waals surface area contributed by atoms with Crippen LogP contribution in [-0.2, 0) is 20.9 Å². The zero-order valence-electron chi connectivity index (χ0n) is 36.7. The lowest BCUT2D eigenvalue weighted by molar-refractivity contribution is 0.0320. The number of halogens is 1. The van der Waals surface area contributed by atoms with E-state index >= 15 is 4.39 Å². The number of amides is 1. The number of thiazole rings is 2. The van der Waals surface area contributed by atoms with E-state index in [9.17, 15) is 9.59 Å². The maximum atomic E-state index is 15.1. The summed E-state index contributed by atoms with van der Waals surface area (Å²) >= 11 is 2.84. The Hall–Kier alpha value is -5.41. The van der Waals surface area contributed by atoms with Gasteiger partial charge in [0.1, 0.15) is 18.9 Å². The molecule has 0 aliphatic heterocycles. The minimum Gasteiger partial charge on any atom is -0.486 e. The Bertz CT molecular complexity index is 2530. The molecular weight excluding hydrogens is 834 g/mol. The fourth-order valence-electron chi connectivity index (χ4n) is 5.42. The van der Waals surface area contributed by atoms with Crippen molar-refractivity contribution in [1.29, 1.82) is 0 Å². The molecule has 0 saturated heterocycles. The second-order valence-corrected chi connectivity index (χ2v) is 24.1. The molecule has 5 aromatic rings. The standard InChI is InChI=1S/C44H54FN7O6S2Si/c1-12-56-40(53)38-36(24-29(2)27-57-34-20-19-31(26-32(34)45)16-15-21-50(7)43(54)58-44(4,5)6)60-41(46-38)51(8)37-25-30(3)39(49-48-37)47-42-52(28-55-22-23-61(9,10)11)33-17-13-14-18-35(33)59-42/h13-14,17-20,24-26H,12,21-23,27-28H2,1-11H3/b29-24+,47-42?. The van der Waals surface area contributed by atoms with E-state index in [2.05, 4.69) is 63.4 Å². The van der Waals surface area contributed by atoms with Crippen LogP contribution in [0.15, 0.2) is 59.1 Å². The monoisotopic (exact) mass is 887 g/mol. The normalized spacial score (nSPS) is 12.3. The molecule has 3 aromatic heterocycles. The first-order valence-corrected chi connectivity index (χ1v) is 25.1. The minimum absolute atomic E-state index is 0.0357. The van der Waals surface area contributed by atoms with Crippen LogP contribution in [0.2, 0.25) is 25.7 Å². The van der Waals surface area contributed by atoms with Crippen LogP contribution in [0.1, 0.15) is 61.1 Å². The summed E-state index contributed by atoms with van der Waals surface area (Å²) < 4.78 is 40.8. The maximum Gasteiger partial charge on any atom is 0.410 e. The maximum absolute atomic E-state index is 15.1. The summed E-state index contributed by atoms with van der Waals surface area (Å²) in [6.07, 6.45) is 1.28. The molecular formula is C44H54FN7O6S2Si. The van der Waals surface area contributed by atoms with Crippen LogP contribution in [0.5, 0.6) is 5.75 Å². The highest BCUT2D eigenvalue weighted by Gasteiger charge is 2.23. The van der Waals surface area contributed by atoms with E-state index in [1.807, 2.05) is 32.0 Å². The van der Waals surface area contributed by atoms with Crippen molar-refractivity contribution in [2.24, 2.45) is 4.99 Å². The number of benzene rings is 2. The summed E-state index contributed by atoms with van der Waals surface area (Å²) in [5.41, 5.74) is 2.49. The molecule has 0 bridgehead atoms. The molecule has 13 nitrogen and oxygen atoms in total. The molecule has 1 amide bonds. The van der Waals surface area contributed by atoms with E-state index in [4.69, 9.17) is 23.9 Å². The van der Waals surface area contributed by atoms with Crippen LogP contribution in [-0.4, -0.2) is 90.8 Å². The van der Waals surface area contributed by atoms with E-state index < -0.39 is 31.6 Å². The first-order valence-electron chi connectivity index (χ1n) is 19.8. The van der Waals surface area contributed by atoms with Gasteiger partial charge < -0.3 is 28.7 Å². The van der Waals surface area contributed by atoms with Crippen molar-refractivity contribution in [3.8, 4) is 17.6 Å².